The molecule has 0 saturated heterocycles. The lowest BCUT2D eigenvalue weighted by molar-refractivity contribution is -0.142. The van der Waals surface area contributed by atoms with Crippen LogP contribution in [0.25, 0.3) is 11.8 Å². The van der Waals surface area contributed by atoms with Crippen LogP contribution in [0.4, 0.5) is 5.69 Å². The van der Waals surface area contributed by atoms with Crippen molar-refractivity contribution in [3.05, 3.63) is 87.8 Å². The number of hydrogen-bond donors (Lipinski definition) is 1. The fourth-order valence-electron chi connectivity index (χ4n) is 3.00. The summed E-state index contributed by atoms with van der Waals surface area (Å²) in [4.78, 5) is 36.9. The second-order valence-corrected chi connectivity index (χ2v) is 6.78. The first kappa shape index (κ1) is 20.9. The summed E-state index contributed by atoms with van der Waals surface area (Å²) < 4.78 is 8.10. The van der Waals surface area contributed by atoms with Gasteiger partial charge in [-0.05, 0) is 43.2 Å². The van der Waals surface area contributed by atoms with Gasteiger partial charge >= 0.3 is 5.97 Å². The Morgan fingerprint density at radius 1 is 1.03 bits per heavy atom. The molecule has 7 heteroatoms. The maximum Gasteiger partial charge on any atom is 0.331 e. The molecule has 3 aromatic rings. The second kappa shape index (κ2) is 9.09. The molecule has 154 valence electrons. The van der Waals surface area contributed by atoms with E-state index in [-0.39, 0.29) is 11.2 Å². The summed E-state index contributed by atoms with van der Waals surface area (Å²) in [5, 5.41) is 2.55. The van der Waals surface area contributed by atoms with Crippen molar-refractivity contribution in [2.24, 2.45) is 7.05 Å². The lowest BCUT2D eigenvalue weighted by atomic mass is 10.1. The number of amides is 1. The quantitative estimate of drug-likeness (QED) is 0.505. The molecule has 1 amide bonds. The van der Waals surface area contributed by atoms with Crippen molar-refractivity contribution < 1.29 is 14.3 Å². The fraction of sp³-hybridized carbons (Fsp3) is 0.174. The van der Waals surface area contributed by atoms with Crippen LogP contribution in [0.15, 0.2) is 65.5 Å². The van der Waals surface area contributed by atoms with Crippen LogP contribution < -0.4 is 10.9 Å². The first-order valence-corrected chi connectivity index (χ1v) is 9.43. The number of anilines is 1. The first-order valence-electron chi connectivity index (χ1n) is 9.43. The summed E-state index contributed by atoms with van der Waals surface area (Å²) >= 11 is 0. The van der Waals surface area contributed by atoms with E-state index in [0.29, 0.717) is 11.4 Å². The van der Waals surface area contributed by atoms with E-state index in [9.17, 15) is 14.4 Å². The molecule has 1 aromatic heterocycles. The van der Waals surface area contributed by atoms with Crippen molar-refractivity contribution in [2.75, 3.05) is 11.9 Å². The predicted octanol–water partition coefficient (Wildman–Crippen LogP) is 2.99. The third-order valence-electron chi connectivity index (χ3n) is 4.75. The number of benzene rings is 2. The number of ether oxygens (including phenoxy) is 1. The first-order chi connectivity index (χ1) is 14.4. The highest BCUT2D eigenvalue weighted by Gasteiger charge is 2.18. The van der Waals surface area contributed by atoms with Crippen molar-refractivity contribution in [3.8, 4) is 5.69 Å². The van der Waals surface area contributed by atoms with E-state index < -0.39 is 18.5 Å². The Bertz CT molecular complexity index is 1160. The maximum absolute atomic E-state index is 12.8. The summed E-state index contributed by atoms with van der Waals surface area (Å²) in [6.07, 6.45) is 2.90. The zero-order valence-corrected chi connectivity index (χ0v) is 17.1. The summed E-state index contributed by atoms with van der Waals surface area (Å²) in [6.45, 7) is 3.17. The molecule has 0 bridgehead atoms. The molecule has 0 aliphatic rings. The fourth-order valence-corrected chi connectivity index (χ4v) is 3.00. The van der Waals surface area contributed by atoms with Gasteiger partial charge in [-0.25, -0.2) is 9.48 Å². The summed E-state index contributed by atoms with van der Waals surface area (Å²) in [7, 11) is 1.73. The highest BCUT2D eigenvalue weighted by atomic mass is 16.5. The molecule has 1 N–H and O–H groups in total. The molecule has 0 unspecified atom stereocenters. The van der Waals surface area contributed by atoms with Gasteiger partial charge in [0.2, 0.25) is 0 Å². The number of aryl methyl sites for hydroxylation is 1. The monoisotopic (exact) mass is 405 g/mol. The van der Waals surface area contributed by atoms with Gasteiger partial charge < -0.3 is 10.1 Å². The number of rotatable bonds is 6. The third-order valence-corrected chi connectivity index (χ3v) is 4.75. The van der Waals surface area contributed by atoms with Gasteiger partial charge in [-0.1, -0.05) is 42.5 Å². The molecule has 30 heavy (non-hydrogen) atoms. The van der Waals surface area contributed by atoms with E-state index in [4.69, 9.17) is 4.74 Å². The zero-order valence-electron chi connectivity index (χ0n) is 17.1. The SMILES string of the molecule is Cc1ccccc1/C=C/C(=O)OCC(=O)Nc1c(C)n(C)n(-c2ccccc2)c1=O. The van der Waals surface area contributed by atoms with Gasteiger partial charge in [0, 0.05) is 13.1 Å². The molecule has 0 saturated carbocycles. The number of aromatic nitrogens is 2. The molecule has 0 aliphatic carbocycles. The van der Waals surface area contributed by atoms with Crippen LogP contribution in [0.2, 0.25) is 0 Å². The van der Waals surface area contributed by atoms with Crippen molar-refractivity contribution >= 4 is 23.6 Å². The van der Waals surface area contributed by atoms with Crippen LogP contribution in [0, 0.1) is 13.8 Å². The zero-order chi connectivity index (χ0) is 21.7. The largest absolute Gasteiger partial charge is 0.452 e. The van der Waals surface area contributed by atoms with Crippen LogP contribution in [0.5, 0.6) is 0 Å². The van der Waals surface area contributed by atoms with Crippen LogP contribution in [-0.2, 0) is 21.4 Å². The number of nitrogens with zero attached hydrogens (tertiary/aromatic N) is 2. The summed E-state index contributed by atoms with van der Waals surface area (Å²) in [5.74, 6) is -1.22. The number of para-hydroxylation sites is 1. The Hall–Kier alpha value is -3.87. The molecule has 0 radical (unpaired) electrons. The number of hydrogen-bond acceptors (Lipinski definition) is 4. The normalized spacial score (nSPS) is 10.9. The van der Waals surface area contributed by atoms with Crippen molar-refractivity contribution in [1.82, 2.24) is 9.36 Å². The standard InChI is InChI=1S/C23H23N3O4/c1-16-9-7-8-10-18(16)13-14-21(28)30-15-20(27)24-22-17(2)25(3)26(23(22)29)19-11-5-4-6-12-19/h4-14H,15H2,1-3H3,(H,24,27)/b14-13+. The summed E-state index contributed by atoms with van der Waals surface area (Å²) in [6, 6.07) is 16.7. The van der Waals surface area contributed by atoms with Gasteiger partial charge in [0.1, 0.15) is 5.69 Å². The number of carbonyl (C=O) groups excluding carboxylic acids is 2. The van der Waals surface area contributed by atoms with Gasteiger partial charge in [0.25, 0.3) is 11.5 Å². The molecule has 2 aromatic carbocycles. The van der Waals surface area contributed by atoms with Crippen LogP contribution >= 0.6 is 0 Å². The smallest absolute Gasteiger partial charge is 0.331 e. The molecule has 7 nitrogen and oxygen atoms in total. The highest BCUT2D eigenvalue weighted by Crippen LogP contribution is 2.14. The number of nitrogens with one attached hydrogen (secondary N) is 1. The Morgan fingerprint density at radius 2 is 1.70 bits per heavy atom. The van der Waals surface area contributed by atoms with Gasteiger partial charge in [-0.3, -0.25) is 14.3 Å². The van der Waals surface area contributed by atoms with E-state index in [1.807, 2.05) is 49.4 Å². The van der Waals surface area contributed by atoms with E-state index in [1.54, 1.807) is 36.9 Å². The molecule has 0 spiro atoms. The Kier molecular flexibility index (Phi) is 6.32. The molecule has 0 fully saturated rings. The molecule has 3 rings (SSSR count). The van der Waals surface area contributed by atoms with Gasteiger partial charge in [-0.15, -0.1) is 0 Å². The predicted molar refractivity (Wildman–Crippen MR) is 116 cm³/mol. The number of esters is 1. The van der Waals surface area contributed by atoms with Crippen molar-refractivity contribution in [2.45, 2.75) is 13.8 Å². The molecule has 0 aliphatic heterocycles. The Morgan fingerprint density at radius 3 is 2.40 bits per heavy atom. The minimum atomic E-state index is -0.639. The van der Waals surface area contributed by atoms with E-state index in [0.717, 1.165) is 11.1 Å². The Labute approximate surface area is 174 Å². The van der Waals surface area contributed by atoms with Crippen molar-refractivity contribution in [1.29, 1.82) is 0 Å². The van der Waals surface area contributed by atoms with Gasteiger partial charge in [-0.2, -0.15) is 0 Å². The lowest BCUT2D eigenvalue weighted by Gasteiger charge is -2.07. The summed E-state index contributed by atoms with van der Waals surface area (Å²) in [5.41, 5.74) is 2.97. The average molecular weight is 405 g/mol. The number of carbonyl (C=O) groups is 2. The minimum Gasteiger partial charge on any atom is -0.452 e. The topological polar surface area (TPSA) is 82.3 Å². The molecule has 1 heterocycles. The van der Waals surface area contributed by atoms with Gasteiger partial charge in [0.05, 0.1) is 11.4 Å². The minimum absolute atomic E-state index is 0.151. The Balaban J connectivity index is 1.65. The lowest BCUT2D eigenvalue weighted by Crippen LogP contribution is -2.25. The maximum atomic E-state index is 12.8. The third kappa shape index (κ3) is 4.57. The molecule has 0 atom stereocenters. The van der Waals surface area contributed by atoms with Crippen molar-refractivity contribution in [3.63, 3.8) is 0 Å². The van der Waals surface area contributed by atoms with Gasteiger partial charge in [0.15, 0.2) is 6.61 Å². The molecular weight excluding hydrogens is 382 g/mol. The second-order valence-electron chi connectivity index (χ2n) is 6.78. The average Bonchev–Trinajstić information content (AvgIpc) is 2.95. The van der Waals surface area contributed by atoms with E-state index >= 15 is 0 Å². The van der Waals surface area contributed by atoms with E-state index in [2.05, 4.69) is 5.32 Å². The van der Waals surface area contributed by atoms with E-state index in [1.165, 1.54) is 10.8 Å². The molecular formula is C23H23N3O4. The van der Waals surface area contributed by atoms with Crippen LogP contribution in [-0.4, -0.2) is 27.8 Å². The van der Waals surface area contributed by atoms with Crippen LogP contribution in [0.1, 0.15) is 16.8 Å². The van der Waals surface area contributed by atoms with Crippen LogP contribution in [0.3, 0.4) is 0 Å². The highest BCUT2D eigenvalue weighted by molar-refractivity contribution is 5.95.